The van der Waals surface area contributed by atoms with Gasteiger partial charge in [-0.2, -0.15) is 0 Å². The fourth-order valence-electron chi connectivity index (χ4n) is 3.78. The molecule has 1 aliphatic rings. The van der Waals surface area contributed by atoms with Crippen LogP contribution in [0.1, 0.15) is 58.6 Å². The van der Waals surface area contributed by atoms with Gasteiger partial charge in [0.05, 0.1) is 5.69 Å². The number of hydrogen-bond donors (Lipinski definition) is 0. The SMILES string of the molecule is CCN1CCCCC1c1cccnc1N(C(=O)OC(C)(C)C)c1ccccc1. The summed E-state index contributed by atoms with van der Waals surface area (Å²) in [6.07, 6.45) is 4.82. The van der Waals surface area contributed by atoms with Crippen molar-refractivity contribution >= 4 is 17.6 Å². The van der Waals surface area contributed by atoms with Crippen LogP contribution in [0.3, 0.4) is 0 Å². The third-order valence-corrected chi connectivity index (χ3v) is 5.00. The van der Waals surface area contributed by atoms with Crippen LogP contribution in [0.15, 0.2) is 48.7 Å². The molecule has 0 N–H and O–H groups in total. The van der Waals surface area contributed by atoms with Gasteiger partial charge in [0, 0.05) is 17.8 Å². The Morgan fingerprint density at radius 2 is 1.93 bits per heavy atom. The highest BCUT2D eigenvalue weighted by atomic mass is 16.6. The fourth-order valence-corrected chi connectivity index (χ4v) is 3.78. The molecule has 5 nitrogen and oxygen atoms in total. The van der Waals surface area contributed by atoms with E-state index in [9.17, 15) is 4.79 Å². The second-order valence-electron chi connectivity index (χ2n) is 8.21. The van der Waals surface area contributed by atoms with Crippen molar-refractivity contribution in [3.63, 3.8) is 0 Å². The Morgan fingerprint density at radius 3 is 2.61 bits per heavy atom. The second-order valence-corrected chi connectivity index (χ2v) is 8.21. The Balaban J connectivity index is 2.07. The minimum absolute atomic E-state index is 0.260. The molecule has 3 rings (SSSR count). The Morgan fingerprint density at radius 1 is 1.18 bits per heavy atom. The number of carbonyl (C=O) groups is 1. The third kappa shape index (κ3) is 4.71. The molecule has 1 aromatic carbocycles. The van der Waals surface area contributed by atoms with E-state index in [1.54, 1.807) is 11.1 Å². The highest BCUT2D eigenvalue weighted by Crippen LogP contribution is 2.38. The van der Waals surface area contributed by atoms with Gasteiger partial charge in [-0.15, -0.1) is 0 Å². The normalized spacial score (nSPS) is 17.9. The molecule has 2 aromatic rings. The van der Waals surface area contributed by atoms with E-state index in [1.165, 1.54) is 12.8 Å². The lowest BCUT2D eigenvalue weighted by atomic mass is 9.95. The number of carbonyl (C=O) groups excluding carboxylic acids is 1. The molecule has 0 aliphatic carbocycles. The summed E-state index contributed by atoms with van der Waals surface area (Å²) in [5.41, 5.74) is 1.26. The number of pyridine rings is 1. The van der Waals surface area contributed by atoms with Gasteiger partial charge in [-0.05, 0) is 64.9 Å². The lowest BCUT2D eigenvalue weighted by Crippen LogP contribution is -2.37. The molecule has 0 saturated carbocycles. The van der Waals surface area contributed by atoms with Gasteiger partial charge in [0.15, 0.2) is 0 Å². The number of likely N-dealkylation sites (tertiary alicyclic amines) is 1. The molecule has 1 atom stereocenters. The summed E-state index contributed by atoms with van der Waals surface area (Å²) in [7, 11) is 0. The van der Waals surface area contributed by atoms with E-state index in [-0.39, 0.29) is 6.04 Å². The first kappa shape index (κ1) is 20.3. The van der Waals surface area contributed by atoms with Crippen molar-refractivity contribution < 1.29 is 9.53 Å². The number of benzene rings is 1. The summed E-state index contributed by atoms with van der Waals surface area (Å²) in [5, 5.41) is 0. The van der Waals surface area contributed by atoms with Crippen LogP contribution in [0.2, 0.25) is 0 Å². The van der Waals surface area contributed by atoms with E-state index in [0.717, 1.165) is 30.8 Å². The molecule has 150 valence electrons. The van der Waals surface area contributed by atoms with E-state index in [2.05, 4.69) is 22.9 Å². The van der Waals surface area contributed by atoms with Crippen molar-refractivity contribution in [2.75, 3.05) is 18.0 Å². The lowest BCUT2D eigenvalue weighted by Gasteiger charge is -2.37. The molecule has 1 saturated heterocycles. The maximum atomic E-state index is 13.2. The van der Waals surface area contributed by atoms with E-state index in [1.807, 2.05) is 57.2 Å². The van der Waals surface area contributed by atoms with Gasteiger partial charge in [0.25, 0.3) is 0 Å². The topological polar surface area (TPSA) is 45.7 Å². The smallest absolute Gasteiger partial charge is 0.420 e. The molecule has 1 aromatic heterocycles. The molecule has 1 aliphatic heterocycles. The lowest BCUT2D eigenvalue weighted by molar-refractivity contribution is 0.0597. The van der Waals surface area contributed by atoms with Gasteiger partial charge >= 0.3 is 6.09 Å². The van der Waals surface area contributed by atoms with Gasteiger partial charge < -0.3 is 4.74 Å². The first-order valence-electron chi connectivity index (χ1n) is 10.2. The second kappa shape index (κ2) is 8.74. The van der Waals surface area contributed by atoms with Crippen molar-refractivity contribution in [2.45, 2.75) is 58.6 Å². The summed E-state index contributed by atoms with van der Waals surface area (Å²) in [5.74, 6) is 0.660. The number of hydrogen-bond acceptors (Lipinski definition) is 4. The van der Waals surface area contributed by atoms with Gasteiger partial charge in [0.1, 0.15) is 11.4 Å². The summed E-state index contributed by atoms with van der Waals surface area (Å²) < 4.78 is 5.74. The van der Waals surface area contributed by atoms with E-state index in [0.29, 0.717) is 5.82 Å². The van der Waals surface area contributed by atoms with Crippen LogP contribution in [0.4, 0.5) is 16.3 Å². The number of para-hydroxylation sites is 1. The molecule has 1 unspecified atom stereocenters. The third-order valence-electron chi connectivity index (χ3n) is 5.00. The summed E-state index contributed by atoms with van der Waals surface area (Å²) in [6, 6.07) is 13.9. The highest BCUT2D eigenvalue weighted by Gasteiger charge is 2.31. The maximum absolute atomic E-state index is 13.2. The molecule has 1 fully saturated rings. The Hall–Kier alpha value is -2.40. The summed E-state index contributed by atoms with van der Waals surface area (Å²) >= 11 is 0. The van der Waals surface area contributed by atoms with Crippen LogP contribution < -0.4 is 4.90 Å². The van der Waals surface area contributed by atoms with Crippen molar-refractivity contribution in [1.29, 1.82) is 0 Å². The quantitative estimate of drug-likeness (QED) is 0.681. The molecule has 1 amide bonds. The number of nitrogens with zero attached hydrogens (tertiary/aromatic N) is 3. The monoisotopic (exact) mass is 381 g/mol. The number of ether oxygens (including phenoxy) is 1. The fraction of sp³-hybridized carbons (Fsp3) is 0.478. The van der Waals surface area contributed by atoms with Crippen molar-refractivity contribution in [2.24, 2.45) is 0 Å². The van der Waals surface area contributed by atoms with Crippen LogP contribution in [-0.2, 0) is 4.74 Å². The molecule has 28 heavy (non-hydrogen) atoms. The number of aromatic nitrogens is 1. The van der Waals surface area contributed by atoms with Crippen LogP contribution in [-0.4, -0.2) is 34.7 Å². The van der Waals surface area contributed by atoms with Crippen LogP contribution in [0.25, 0.3) is 0 Å². The van der Waals surface area contributed by atoms with Gasteiger partial charge in [-0.25, -0.2) is 14.7 Å². The molecule has 2 heterocycles. The zero-order valence-electron chi connectivity index (χ0n) is 17.4. The van der Waals surface area contributed by atoms with Gasteiger partial charge in [-0.1, -0.05) is 37.6 Å². The highest BCUT2D eigenvalue weighted by molar-refractivity contribution is 5.96. The van der Waals surface area contributed by atoms with E-state index in [4.69, 9.17) is 4.74 Å². The number of amides is 1. The average molecular weight is 382 g/mol. The molecule has 0 spiro atoms. The Labute approximate surface area is 168 Å². The standard InChI is InChI=1S/C23H31N3O2/c1-5-25-17-10-9-15-20(25)19-14-11-16-24-21(19)26(18-12-7-6-8-13-18)22(27)28-23(2,3)4/h6-8,11-14,16,20H,5,9-10,15,17H2,1-4H3. The predicted molar refractivity (Wildman–Crippen MR) is 113 cm³/mol. The predicted octanol–water partition coefficient (Wildman–Crippen LogP) is 5.70. The molecular weight excluding hydrogens is 350 g/mol. The largest absolute Gasteiger partial charge is 0.443 e. The maximum Gasteiger partial charge on any atom is 0.420 e. The Kier molecular flexibility index (Phi) is 6.35. The van der Waals surface area contributed by atoms with Crippen molar-refractivity contribution in [3.05, 3.63) is 54.2 Å². The van der Waals surface area contributed by atoms with Crippen LogP contribution in [0, 0.1) is 0 Å². The van der Waals surface area contributed by atoms with E-state index >= 15 is 0 Å². The molecule has 5 heteroatoms. The van der Waals surface area contributed by atoms with Crippen LogP contribution >= 0.6 is 0 Å². The van der Waals surface area contributed by atoms with Crippen molar-refractivity contribution in [1.82, 2.24) is 9.88 Å². The molecule has 0 bridgehead atoms. The Bertz CT molecular complexity index is 786. The number of piperidine rings is 1. The summed E-state index contributed by atoms with van der Waals surface area (Å²) in [4.78, 5) is 21.9. The minimum atomic E-state index is -0.584. The van der Waals surface area contributed by atoms with Gasteiger partial charge in [0.2, 0.25) is 0 Å². The zero-order chi connectivity index (χ0) is 20.1. The first-order valence-corrected chi connectivity index (χ1v) is 10.2. The molecular formula is C23H31N3O2. The van der Waals surface area contributed by atoms with Crippen molar-refractivity contribution in [3.8, 4) is 0 Å². The average Bonchev–Trinajstić information content (AvgIpc) is 2.68. The van der Waals surface area contributed by atoms with Crippen LogP contribution in [0.5, 0.6) is 0 Å². The number of anilines is 2. The zero-order valence-corrected chi connectivity index (χ0v) is 17.4. The minimum Gasteiger partial charge on any atom is -0.443 e. The first-order chi connectivity index (χ1) is 13.4. The summed E-state index contributed by atoms with van der Waals surface area (Å²) in [6.45, 7) is 9.90. The molecule has 0 radical (unpaired) electrons. The number of rotatable bonds is 4. The van der Waals surface area contributed by atoms with Gasteiger partial charge in [-0.3, -0.25) is 4.90 Å². The van der Waals surface area contributed by atoms with E-state index < -0.39 is 11.7 Å².